The predicted molar refractivity (Wildman–Crippen MR) is 107 cm³/mol. The van der Waals surface area contributed by atoms with Crippen LogP contribution in [0.15, 0.2) is 52.9 Å². The number of rotatable bonds is 3. The molecular formula is C21H20N2O3S. The van der Waals surface area contributed by atoms with Crippen molar-refractivity contribution < 1.29 is 12.8 Å². The van der Waals surface area contributed by atoms with Gasteiger partial charge in [-0.1, -0.05) is 36.4 Å². The fraction of sp³-hybridized carbons (Fsp3) is 0.190. The van der Waals surface area contributed by atoms with E-state index in [-0.39, 0.29) is 0 Å². The zero-order valence-electron chi connectivity index (χ0n) is 15.2. The van der Waals surface area contributed by atoms with Gasteiger partial charge in [0.15, 0.2) is 5.89 Å². The Morgan fingerprint density at radius 2 is 1.93 bits per heavy atom. The molecule has 1 aliphatic rings. The molecule has 0 fully saturated rings. The lowest BCUT2D eigenvalue weighted by atomic mass is 9.96. The molecule has 0 atom stereocenters. The highest BCUT2D eigenvalue weighted by Crippen LogP contribution is 2.35. The molecule has 1 aromatic heterocycles. The molecule has 1 heterocycles. The van der Waals surface area contributed by atoms with E-state index in [0.29, 0.717) is 11.6 Å². The summed E-state index contributed by atoms with van der Waals surface area (Å²) in [7, 11) is -3.32. The molecule has 0 bridgehead atoms. The van der Waals surface area contributed by atoms with Gasteiger partial charge in [0.1, 0.15) is 11.5 Å². The highest BCUT2D eigenvalue weighted by molar-refractivity contribution is 7.92. The lowest BCUT2D eigenvalue weighted by Crippen LogP contribution is -2.09. The van der Waals surface area contributed by atoms with E-state index in [1.807, 2.05) is 43.3 Å². The number of sulfonamides is 1. The lowest BCUT2D eigenvalue weighted by molar-refractivity contribution is 0.474. The highest BCUT2D eigenvalue weighted by atomic mass is 32.2. The lowest BCUT2D eigenvalue weighted by Gasteiger charge is -2.10. The summed E-state index contributed by atoms with van der Waals surface area (Å²) in [6, 6.07) is 15.6. The smallest absolute Gasteiger partial charge is 0.229 e. The monoisotopic (exact) mass is 380 g/mol. The Kier molecular flexibility index (Phi) is 4.36. The van der Waals surface area contributed by atoms with Crippen LogP contribution in [0.3, 0.4) is 0 Å². The standard InChI is InChI=1S/C21H20N2O3S/c1-14-22-21-19(13-15-6-5-8-17(12-15)23-27(2,24)25)18-9-4-3-7-16(18)10-11-20(21)26-14/h3-9,12-13,23H,10-11H2,1-2H3. The first-order chi connectivity index (χ1) is 12.9. The largest absolute Gasteiger partial charge is 0.445 e. The van der Waals surface area contributed by atoms with E-state index in [1.165, 1.54) is 5.56 Å². The third-order valence-corrected chi connectivity index (χ3v) is 5.10. The van der Waals surface area contributed by atoms with Crippen molar-refractivity contribution in [3.8, 4) is 0 Å². The van der Waals surface area contributed by atoms with Gasteiger partial charge in [-0.2, -0.15) is 0 Å². The van der Waals surface area contributed by atoms with Gasteiger partial charge < -0.3 is 4.42 Å². The predicted octanol–water partition coefficient (Wildman–Crippen LogP) is 4.04. The van der Waals surface area contributed by atoms with E-state index in [0.717, 1.165) is 47.3 Å². The molecule has 2 aromatic carbocycles. The van der Waals surface area contributed by atoms with Gasteiger partial charge >= 0.3 is 0 Å². The third-order valence-electron chi connectivity index (χ3n) is 4.49. The first kappa shape index (κ1) is 17.5. The third kappa shape index (κ3) is 3.80. The van der Waals surface area contributed by atoms with E-state index in [4.69, 9.17) is 4.42 Å². The zero-order valence-corrected chi connectivity index (χ0v) is 16.0. The Morgan fingerprint density at radius 1 is 1.11 bits per heavy atom. The van der Waals surface area contributed by atoms with Crippen molar-refractivity contribution in [2.75, 3.05) is 11.0 Å². The number of anilines is 1. The Balaban J connectivity index is 1.86. The molecule has 0 saturated heterocycles. The normalized spacial score (nSPS) is 15.1. The maximum absolute atomic E-state index is 11.5. The minimum atomic E-state index is -3.32. The van der Waals surface area contributed by atoms with Gasteiger partial charge in [0, 0.05) is 24.6 Å². The van der Waals surface area contributed by atoms with Crippen molar-refractivity contribution in [2.45, 2.75) is 19.8 Å². The summed E-state index contributed by atoms with van der Waals surface area (Å²) in [4.78, 5) is 4.62. The van der Waals surface area contributed by atoms with Crippen molar-refractivity contribution in [1.82, 2.24) is 4.98 Å². The van der Waals surface area contributed by atoms with Crippen LogP contribution in [-0.2, 0) is 22.9 Å². The van der Waals surface area contributed by atoms with E-state index in [2.05, 4.69) is 21.8 Å². The summed E-state index contributed by atoms with van der Waals surface area (Å²) < 4.78 is 31.4. The van der Waals surface area contributed by atoms with Crippen LogP contribution in [0.1, 0.15) is 34.0 Å². The molecule has 5 nitrogen and oxygen atoms in total. The van der Waals surface area contributed by atoms with Gasteiger partial charge in [0.05, 0.1) is 6.26 Å². The number of nitrogens with one attached hydrogen (secondary N) is 1. The molecule has 0 spiro atoms. The molecule has 0 saturated carbocycles. The van der Waals surface area contributed by atoms with Crippen molar-refractivity contribution in [3.05, 3.63) is 82.6 Å². The number of hydrogen-bond acceptors (Lipinski definition) is 4. The molecule has 0 amide bonds. The fourth-order valence-corrected chi connectivity index (χ4v) is 4.00. The van der Waals surface area contributed by atoms with Gasteiger partial charge in [-0.05, 0) is 41.3 Å². The molecular weight excluding hydrogens is 360 g/mol. The number of oxazole rings is 1. The van der Waals surface area contributed by atoms with Crippen molar-refractivity contribution in [1.29, 1.82) is 0 Å². The molecule has 4 rings (SSSR count). The molecule has 27 heavy (non-hydrogen) atoms. The second-order valence-electron chi connectivity index (χ2n) is 6.72. The van der Waals surface area contributed by atoms with E-state index >= 15 is 0 Å². The Labute approximate surface area is 158 Å². The average molecular weight is 380 g/mol. The molecule has 0 radical (unpaired) electrons. The first-order valence-electron chi connectivity index (χ1n) is 8.73. The molecule has 1 N–H and O–H groups in total. The molecule has 0 unspecified atom stereocenters. The number of fused-ring (bicyclic) bond motifs is 2. The molecule has 3 aromatic rings. The summed E-state index contributed by atoms with van der Waals surface area (Å²) in [5, 5.41) is 0. The van der Waals surface area contributed by atoms with Gasteiger partial charge in [-0.15, -0.1) is 0 Å². The Bertz CT molecular complexity index is 1140. The summed E-state index contributed by atoms with van der Waals surface area (Å²) in [6.07, 6.45) is 4.88. The molecule has 0 aliphatic heterocycles. The molecule has 138 valence electrons. The summed E-state index contributed by atoms with van der Waals surface area (Å²) in [5.74, 6) is 1.54. The average Bonchev–Trinajstić information content (AvgIpc) is 2.91. The van der Waals surface area contributed by atoms with Crippen LogP contribution in [0.2, 0.25) is 0 Å². The summed E-state index contributed by atoms with van der Waals surface area (Å²) >= 11 is 0. The van der Waals surface area contributed by atoms with Crippen molar-refractivity contribution >= 4 is 27.4 Å². The van der Waals surface area contributed by atoms with Crippen LogP contribution in [0.4, 0.5) is 5.69 Å². The topological polar surface area (TPSA) is 72.2 Å². The van der Waals surface area contributed by atoms with E-state index in [1.54, 1.807) is 6.07 Å². The van der Waals surface area contributed by atoms with Crippen LogP contribution in [-0.4, -0.2) is 19.7 Å². The van der Waals surface area contributed by atoms with Crippen LogP contribution in [0.25, 0.3) is 11.6 Å². The number of aromatic nitrogens is 1. The second-order valence-corrected chi connectivity index (χ2v) is 8.47. The number of aryl methyl sites for hydroxylation is 3. The number of nitrogens with zero attached hydrogens (tertiary/aromatic N) is 1. The molecule has 1 aliphatic carbocycles. The van der Waals surface area contributed by atoms with E-state index < -0.39 is 10.0 Å². The van der Waals surface area contributed by atoms with Crippen molar-refractivity contribution in [3.63, 3.8) is 0 Å². The Morgan fingerprint density at radius 3 is 2.74 bits per heavy atom. The van der Waals surface area contributed by atoms with Gasteiger partial charge in [0.2, 0.25) is 10.0 Å². The van der Waals surface area contributed by atoms with Gasteiger partial charge in [-0.25, -0.2) is 13.4 Å². The van der Waals surface area contributed by atoms with Crippen molar-refractivity contribution in [2.24, 2.45) is 0 Å². The summed E-state index contributed by atoms with van der Waals surface area (Å²) in [5.41, 5.74) is 5.66. The SMILES string of the molecule is Cc1nc2c(o1)CCc1ccccc1C2=Cc1cccc(NS(C)(=O)=O)c1. The van der Waals surface area contributed by atoms with Crippen LogP contribution < -0.4 is 4.72 Å². The quantitative estimate of drug-likeness (QED) is 0.744. The minimum Gasteiger partial charge on any atom is -0.445 e. The zero-order chi connectivity index (χ0) is 19.0. The maximum atomic E-state index is 11.5. The van der Waals surface area contributed by atoms with Crippen LogP contribution in [0, 0.1) is 6.92 Å². The fourth-order valence-electron chi connectivity index (χ4n) is 3.44. The molecule has 6 heteroatoms. The first-order valence-corrected chi connectivity index (χ1v) is 10.6. The van der Waals surface area contributed by atoms with Crippen LogP contribution >= 0.6 is 0 Å². The van der Waals surface area contributed by atoms with Gasteiger partial charge in [-0.3, -0.25) is 4.72 Å². The minimum absolute atomic E-state index is 0.533. The van der Waals surface area contributed by atoms with Crippen LogP contribution in [0.5, 0.6) is 0 Å². The highest BCUT2D eigenvalue weighted by Gasteiger charge is 2.22. The Hall–Kier alpha value is -2.86. The summed E-state index contributed by atoms with van der Waals surface area (Å²) in [6.45, 7) is 1.86. The maximum Gasteiger partial charge on any atom is 0.229 e. The second kappa shape index (κ2) is 6.70. The van der Waals surface area contributed by atoms with E-state index in [9.17, 15) is 8.42 Å². The number of hydrogen-bond donors (Lipinski definition) is 1. The van der Waals surface area contributed by atoms with Gasteiger partial charge in [0.25, 0.3) is 0 Å². The number of benzene rings is 2.